The predicted molar refractivity (Wildman–Crippen MR) is 82.7 cm³/mol. The Balaban J connectivity index is 2.34. The molecule has 2 aromatic heterocycles. The highest BCUT2D eigenvalue weighted by Crippen LogP contribution is 2.35. The van der Waals surface area contributed by atoms with Crippen molar-refractivity contribution in [3.05, 3.63) is 59.1 Å². The number of pyridine rings is 2. The minimum atomic E-state index is -0.343. The van der Waals surface area contributed by atoms with Gasteiger partial charge in [0.05, 0.1) is 21.9 Å². The summed E-state index contributed by atoms with van der Waals surface area (Å²) in [6.45, 7) is 0.454. The lowest BCUT2D eigenvalue weighted by atomic mass is 10.0. The van der Waals surface area contributed by atoms with E-state index in [4.69, 9.17) is 17.3 Å². The third-order valence-electron chi connectivity index (χ3n) is 3.26. The van der Waals surface area contributed by atoms with Crippen LogP contribution in [0, 0.1) is 5.82 Å². The molecule has 2 N–H and O–H groups in total. The third kappa shape index (κ3) is 2.60. The van der Waals surface area contributed by atoms with Gasteiger partial charge in [0.15, 0.2) is 0 Å². The number of halogens is 2. The lowest BCUT2D eigenvalue weighted by Gasteiger charge is -2.12. The lowest BCUT2D eigenvalue weighted by Crippen LogP contribution is -2.07. The molecule has 2 heterocycles. The van der Waals surface area contributed by atoms with Crippen LogP contribution in [-0.4, -0.2) is 16.5 Å². The largest absolute Gasteiger partial charge is 0.330 e. The third-order valence-corrected chi connectivity index (χ3v) is 3.65. The van der Waals surface area contributed by atoms with Crippen LogP contribution in [0.4, 0.5) is 4.39 Å². The van der Waals surface area contributed by atoms with Crippen molar-refractivity contribution in [1.82, 2.24) is 9.97 Å². The summed E-state index contributed by atoms with van der Waals surface area (Å²) in [5, 5.41) is 1.04. The average Bonchev–Trinajstić information content (AvgIpc) is 2.50. The van der Waals surface area contributed by atoms with Crippen molar-refractivity contribution >= 4 is 22.5 Å². The zero-order valence-electron chi connectivity index (χ0n) is 11.2. The van der Waals surface area contributed by atoms with Gasteiger partial charge in [0.2, 0.25) is 0 Å². The second kappa shape index (κ2) is 5.76. The van der Waals surface area contributed by atoms with Gasteiger partial charge in [-0.1, -0.05) is 17.7 Å². The van der Waals surface area contributed by atoms with E-state index in [2.05, 4.69) is 9.97 Å². The summed E-state index contributed by atoms with van der Waals surface area (Å²) in [6, 6.07) is 9.95. The van der Waals surface area contributed by atoms with E-state index in [-0.39, 0.29) is 5.82 Å². The van der Waals surface area contributed by atoms with E-state index in [1.165, 1.54) is 12.1 Å². The van der Waals surface area contributed by atoms with Gasteiger partial charge in [-0.15, -0.1) is 0 Å². The lowest BCUT2D eigenvalue weighted by molar-refractivity contribution is 0.629. The smallest absolute Gasteiger partial charge is 0.124 e. The van der Waals surface area contributed by atoms with Gasteiger partial charge < -0.3 is 5.73 Å². The molecular formula is C16H13ClFN3. The molecule has 0 saturated heterocycles. The molecule has 1 aromatic carbocycles. The second-order valence-electron chi connectivity index (χ2n) is 4.66. The average molecular weight is 302 g/mol. The summed E-state index contributed by atoms with van der Waals surface area (Å²) in [5.74, 6) is -0.343. The molecule has 0 spiro atoms. The van der Waals surface area contributed by atoms with Crippen LogP contribution in [0.3, 0.4) is 0 Å². The molecular weight excluding hydrogens is 289 g/mol. The zero-order valence-corrected chi connectivity index (χ0v) is 11.9. The summed E-state index contributed by atoms with van der Waals surface area (Å²) < 4.78 is 13.5. The Morgan fingerprint density at radius 2 is 2.05 bits per heavy atom. The van der Waals surface area contributed by atoms with Crippen LogP contribution in [0.1, 0.15) is 5.69 Å². The Labute approximate surface area is 126 Å². The van der Waals surface area contributed by atoms with E-state index in [9.17, 15) is 4.39 Å². The second-order valence-corrected chi connectivity index (χ2v) is 5.04. The normalized spacial score (nSPS) is 11.0. The molecule has 21 heavy (non-hydrogen) atoms. The number of fused-ring (bicyclic) bond motifs is 1. The minimum absolute atomic E-state index is 0.343. The predicted octanol–water partition coefficient (Wildman–Crippen LogP) is 3.59. The van der Waals surface area contributed by atoms with Crippen molar-refractivity contribution < 1.29 is 4.39 Å². The zero-order chi connectivity index (χ0) is 14.8. The number of hydrogen-bond donors (Lipinski definition) is 1. The van der Waals surface area contributed by atoms with Crippen LogP contribution in [0.2, 0.25) is 5.02 Å². The van der Waals surface area contributed by atoms with Gasteiger partial charge in [0.25, 0.3) is 0 Å². The monoisotopic (exact) mass is 301 g/mol. The van der Waals surface area contributed by atoms with Crippen molar-refractivity contribution in [1.29, 1.82) is 0 Å². The van der Waals surface area contributed by atoms with Crippen LogP contribution < -0.4 is 5.73 Å². The first-order valence-electron chi connectivity index (χ1n) is 6.60. The Kier molecular flexibility index (Phi) is 3.82. The molecule has 3 aromatic rings. The van der Waals surface area contributed by atoms with Crippen molar-refractivity contribution in [2.45, 2.75) is 6.42 Å². The molecule has 0 radical (unpaired) electrons. The van der Waals surface area contributed by atoms with Gasteiger partial charge in [-0.25, -0.2) is 4.39 Å². The molecule has 0 atom stereocenters. The molecule has 0 fully saturated rings. The highest BCUT2D eigenvalue weighted by Gasteiger charge is 2.16. The summed E-state index contributed by atoms with van der Waals surface area (Å²) in [4.78, 5) is 8.90. The Bertz CT molecular complexity index is 790. The fourth-order valence-corrected chi connectivity index (χ4v) is 2.69. The van der Waals surface area contributed by atoms with E-state index in [0.717, 1.165) is 11.3 Å². The maximum absolute atomic E-state index is 13.5. The maximum atomic E-state index is 13.5. The van der Waals surface area contributed by atoms with Gasteiger partial charge in [-0.2, -0.15) is 0 Å². The molecule has 3 rings (SSSR count). The Hall–Kier alpha value is -2.04. The van der Waals surface area contributed by atoms with Gasteiger partial charge in [0.1, 0.15) is 5.82 Å². The van der Waals surface area contributed by atoms with Crippen LogP contribution in [0.25, 0.3) is 22.2 Å². The maximum Gasteiger partial charge on any atom is 0.124 e. The summed E-state index contributed by atoms with van der Waals surface area (Å²) in [6.07, 6.45) is 2.27. The first-order valence-corrected chi connectivity index (χ1v) is 6.97. The van der Waals surface area contributed by atoms with Crippen molar-refractivity contribution in [2.24, 2.45) is 5.73 Å². The van der Waals surface area contributed by atoms with E-state index in [1.807, 2.05) is 18.2 Å². The van der Waals surface area contributed by atoms with E-state index in [1.54, 1.807) is 12.3 Å². The molecule has 0 aliphatic heterocycles. The number of nitrogens with two attached hydrogens (primary N) is 1. The molecule has 0 saturated carbocycles. The van der Waals surface area contributed by atoms with E-state index in [0.29, 0.717) is 34.6 Å². The van der Waals surface area contributed by atoms with Crippen LogP contribution in [0.5, 0.6) is 0 Å². The number of rotatable bonds is 3. The Morgan fingerprint density at radius 1 is 1.19 bits per heavy atom. The molecule has 0 amide bonds. The Morgan fingerprint density at radius 3 is 2.76 bits per heavy atom. The highest BCUT2D eigenvalue weighted by atomic mass is 35.5. The minimum Gasteiger partial charge on any atom is -0.330 e. The van der Waals surface area contributed by atoms with E-state index >= 15 is 0 Å². The molecule has 5 heteroatoms. The molecule has 106 valence electrons. The number of hydrogen-bond acceptors (Lipinski definition) is 3. The number of benzene rings is 1. The molecule has 0 aliphatic rings. The van der Waals surface area contributed by atoms with Crippen molar-refractivity contribution in [3.8, 4) is 11.3 Å². The number of aromatic nitrogens is 2. The van der Waals surface area contributed by atoms with Gasteiger partial charge in [-0.05, 0) is 36.9 Å². The van der Waals surface area contributed by atoms with Crippen molar-refractivity contribution in [3.63, 3.8) is 0 Å². The first-order chi connectivity index (χ1) is 10.2. The van der Waals surface area contributed by atoms with Gasteiger partial charge in [-0.3, -0.25) is 9.97 Å². The highest BCUT2D eigenvalue weighted by molar-refractivity contribution is 6.38. The molecule has 0 bridgehead atoms. The van der Waals surface area contributed by atoms with Crippen LogP contribution in [-0.2, 0) is 6.42 Å². The topological polar surface area (TPSA) is 51.8 Å². The SMILES string of the molecule is NCCc1nc2ccc(F)cc2c(Cl)c1-c1ccccn1. The fraction of sp³-hybridized carbons (Fsp3) is 0.125. The molecule has 0 unspecified atom stereocenters. The summed E-state index contributed by atoms with van der Waals surface area (Å²) in [5.41, 5.74) is 8.53. The molecule has 0 aliphatic carbocycles. The fourth-order valence-electron chi connectivity index (χ4n) is 2.33. The van der Waals surface area contributed by atoms with Crippen molar-refractivity contribution in [2.75, 3.05) is 6.54 Å². The number of nitrogens with zero attached hydrogens (tertiary/aromatic N) is 2. The standard InChI is InChI=1S/C16H13ClFN3/c17-16-11-9-10(18)4-5-12(11)21-14(6-7-19)15(16)13-3-1-2-8-20-13/h1-5,8-9H,6-7,19H2. The van der Waals surface area contributed by atoms with E-state index < -0.39 is 0 Å². The van der Waals surface area contributed by atoms with Gasteiger partial charge >= 0.3 is 0 Å². The van der Waals surface area contributed by atoms with Crippen LogP contribution >= 0.6 is 11.6 Å². The summed E-state index contributed by atoms with van der Waals surface area (Å²) in [7, 11) is 0. The van der Waals surface area contributed by atoms with Gasteiger partial charge in [0, 0.05) is 23.6 Å². The molecule has 3 nitrogen and oxygen atoms in total. The quantitative estimate of drug-likeness (QED) is 0.804. The summed E-state index contributed by atoms with van der Waals surface area (Å²) >= 11 is 6.50. The van der Waals surface area contributed by atoms with Crippen LogP contribution in [0.15, 0.2) is 42.6 Å². The first kappa shape index (κ1) is 13.9.